The van der Waals surface area contributed by atoms with Gasteiger partial charge in [-0.05, 0) is 6.92 Å². The monoisotopic (exact) mass is 230 g/mol. The minimum Gasteiger partial charge on any atom is -0.378 e. The van der Waals surface area contributed by atoms with Crippen LogP contribution in [0.4, 0.5) is 0 Å². The van der Waals surface area contributed by atoms with Gasteiger partial charge in [0, 0.05) is 20.2 Å². The summed E-state index contributed by atoms with van der Waals surface area (Å²) >= 11 is 0. The lowest BCUT2D eigenvalue weighted by Gasteiger charge is -2.29. The van der Waals surface area contributed by atoms with E-state index in [1.165, 1.54) is 7.11 Å². The molecule has 0 bridgehead atoms. The third-order valence-corrected chi connectivity index (χ3v) is 2.35. The molecule has 1 aliphatic rings. The van der Waals surface area contributed by atoms with Crippen LogP contribution in [0, 0.1) is 0 Å². The predicted octanol–water partition coefficient (Wildman–Crippen LogP) is -1.00. The van der Waals surface area contributed by atoms with E-state index in [1.54, 1.807) is 11.8 Å². The molecule has 6 heteroatoms. The third kappa shape index (κ3) is 3.79. The Hall–Kier alpha value is -1.14. The van der Waals surface area contributed by atoms with Crippen molar-refractivity contribution in [2.75, 3.05) is 40.0 Å². The van der Waals surface area contributed by atoms with Gasteiger partial charge < -0.3 is 19.7 Å². The van der Waals surface area contributed by atoms with Crippen LogP contribution in [0.3, 0.4) is 0 Å². The van der Waals surface area contributed by atoms with E-state index in [2.05, 4.69) is 10.1 Å². The first-order valence-corrected chi connectivity index (χ1v) is 5.30. The number of nitrogens with zero attached hydrogens (tertiary/aromatic N) is 1. The number of amides is 2. The number of hydrogen-bond acceptors (Lipinski definition) is 4. The second kappa shape index (κ2) is 6.44. The summed E-state index contributed by atoms with van der Waals surface area (Å²) < 4.78 is 9.82. The zero-order valence-corrected chi connectivity index (χ0v) is 9.69. The number of methoxy groups -OCH3 is 1. The molecule has 1 aliphatic heterocycles. The van der Waals surface area contributed by atoms with Crippen molar-refractivity contribution in [3.05, 3.63) is 0 Å². The number of rotatable bonds is 4. The van der Waals surface area contributed by atoms with Gasteiger partial charge in [0.25, 0.3) is 0 Å². The summed E-state index contributed by atoms with van der Waals surface area (Å²) in [6.07, 6.45) is 0. The van der Waals surface area contributed by atoms with Gasteiger partial charge in [-0.2, -0.15) is 0 Å². The Kier molecular flexibility index (Phi) is 5.21. The zero-order chi connectivity index (χ0) is 12.0. The molecule has 1 atom stereocenters. The molecule has 0 saturated carbocycles. The van der Waals surface area contributed by atoms with E-state index in [0.717, 1.165) is 0 Å². The minimum atomic E-state index is -0.513. The van der Waals surface area contributed by atoms with Crippen LogP contribution in [0.2, 0.25) is 0 Å². The van der Waals surface area contributed by atoms with E-state index in [9.17, 15) is 9.59 Å². The number of nitrogens with one attached hydrogen (secondary N) is 1. The highest BCUT2D eigenvalue weighted by Gasteiger charge is 2.23. The Bertz CT molecular complexity index is 251. The van der Waals surface area contributed by atoms with Crippen LogP contribution < -0.4 is 5.32 Å². The standard InChI is InChI=1S/C10H18N2O4/c1-8(11-9(13)7-15-2)10(14)12-3-5-16-6-4-12/h8H,3-7H2,1-2H3,(H,11,13). The average molecular weight is 230 g/mol. The molecule has 6 nitrogen and oxygen atoms in total. The Labute approximate surface area is 94.9 Å². The lowest BCUT2D eigenvalue weighted by atomic mass is 10.2. The van der Waals surface area contributed by atoms with Gasteiger partial charge in [0.2, 0.25) is 11.8 Å². The van der Waals surface area contributed by atoms with E-state index in [0.29, 0.717) is 26.3 Å². The van der Waals surface area contributed by atoms with E-state index >= 15 is 0 Å². The molecule has 1 unspecified atom stereocenters. The number of hydrogen-bond donors (Lipinski definition) is 1. The highest BCUT2D eigenvalue weighted by Crippen LogP contribution is 2.00. The van der Waals surface area contributed by atoms with Crippen LogP contribution in [-0.2, 0) is 19.1 Å². The average Bonchev–Trinajstić information content (AvgIpc) is 2.29. The molecule has 0 radical (unpaired) electrons. The second-order valence-electron chi connectivity index (χ2n) is 3.66. The van der Waals surface area contributed by atoms with Gasteiger partial charge in [0.15, 0.2) is 0 Å². The molecule has 0 aromatic heterocycles. The van der Waals surface area contributed by atoms with Gasteiger partial charge in [0.1, 0.15) is 12.6 Å². The predicted molar refractivity (Wildman–Crippen MR) is 56.9 cm³/mol. The molecule has 2 amide bonds. The minimum absolute atomic E-state index is 0.0271. The van der Waals surface area contributed by atoms with Crippen molar-refractivity contribution >= 4 is 11.8 Å². The quantitative estimate of drug-likeness (QED) is 0.672. The topological polar surface area (TPSA) is 67.9 Å². The molecule has 1 fully saturated rings. The van der Waals surface area contributed by atoms with Crippen molar-refractivity contribution in [3.8, 4) is 0 Å². The van der Waals surface area contributed by atoms with Gasteiger partial charge in [0.05, 0.1) is 13.2 Å². The fourth-order valence-electron chi connectivity index (χ4n) is 1.53. The number of ether oxygens (including phenoxy) is 2. The fraction of sp³-hybridized carbons (Fsp3) is 0.800. The zero-order valence-electron chi connectivity index (χ0n) is 9.69. The Morgan fingerprint density at radius 2 is 2.06 bits per heavy atom. The van der Waals surface area contributed by atoms with Crippen molar-refractivity contribution in [2.45, 2.75) is 13.0 Å². The van der Waals surface area contributed by atoms with E-state index in [4.69, 9.17) is 4.74 Å². The maximum absolute atomic E-state index is 11.9. The van der Waals surface area contributed by atoms with Crippen LogP contribution in [0.25, 0.3) is 0 Å². The van der Waals surface area contributed by atoms with Crippen molar-refractivity contribution in [1.29, 1.82) is 0 Å². The maximum atomic E-state index is 11.9. The van der Waals surface area contributed by atoms with Gasteiger partial charge in [-0.3, -0.25) is 9.59 Å². The van der Waals surface area contributed by atoms with Crippen LogP contribution in [-0.4, -0.2) is 62.8 Å². The molecule has 16 heavy (non-hydrogen) atoms. The van der Waals surface area contributed by atoms with E-state index < -0.39 is 6.04 Å². The van der Waals surface area contributed by atoms with Crippen LogP contribution in [0.15, 0.2) is 0 Å². The molecular weight excluding hydrogens is 212 g/mol. The van der Waals surface area contributed by atoms with Gasteiger partial charge >= 0.3 is 0 Å². The van der Waals surface area contributed by atoms with Crippen LogP contribution >= 0.6 is 0 Å². The first kappa shape index (κ1) is 12.9. The Balaban J connectivity index is 2.37. The summed E-state index contributed by atoms with van der Waals surface area (Å²) in [5.74, 6) is -0.357. The maximum Gasteiger partial charge on any atom is 0.246 e. The summed E-state index contributed by atoms with van der Waals surface area (Å²) in [6.45, 7) is 3.94. The molecule has 92 valence electrons. The third-order valence-electron chi connectivity index (χ3n) is 2.35. The molecule has 0 aromatic rings. The number of carbonyl (C=O) groups excluding carboxylic acids is 2. The fourth-order valence-corrected chi connectivity index (χ4v) is 1.53. The Morgan fingerprint density at radius 1 is 1.44 bits per heavy atom. The lowest BCUT2D eigenvalue weighted by molar-refractivity contribution is -0.140. The molecule has 1 N–H and O–H groups in total. The van der Waals surface area contributed by atoms with Crippen molar-refractivity contribution in [1.82, 2.24) is 10.2 Å². The normalized spacial score (nSPS) is 18.0. The van der Waals surface area contributed by atoms with Gasteiger partial charge in [-0.25, -0.2) is 0 Å². The summed E-state index contributed by atoms with van der Waals surface area (Å²) in [4.78, 5) is 24.8. The van der Waals surface area contributed by atoms with Crippen molar-refractivity contribution in [2.24, 2.45) is 0 Å². The van der Waals surface area contributed by atoms with Crippen LogP contribution in [0.1, 0.15) is 6.92 Å². The smallest absolute Gasteiger partial charge is 0.246 e. The van der Waals surface area contributed by atoms with E-state index in [1.807, 2.05) is 0 Å². The number of carbonyl (C=O) groups is 2. The summed E-state index contributed by atoms with van der Waals surface area (Å²) in [5.41, 5.74) is 0. The molecular formula is C10H18N2O4. The first-order chi connectivity index (χ1) is 7.65. The molecule has 0 spiro atoms. The molecule has 1 saturated heterocycles. The number of morpholine rings is 1. The Morgan fingerprint density at radius 3 is 2.62 bits per heavy atom. The highest BCUT2D eigenvalue weighted by atomic mass is 16.5. The van der Waals surface area contributed by atoms with Crippen molar-refractivity contribution in [3.63, 3.8) is 0 Å². The molecule has 1 heterocycles. The SMILES string of the molecule is COCC(=O)NC(C)C(=O)N1CCOCC1. The van der Waals surface area contributed by atoms with Crippen LogP contribution in [0.5, 0.6) is 0 Å². The summed E-state index contributed by atoms with van der Waals surface area (Å²) in [5, 5.41) is 2.58. The molecule has 1 rings (SSSR count). The van der Waals surface area contributed by atoms with Crippen molar-refractivity contribution < 1.29 is 19.1 Å². The van der Waals surface area contributed by atoms with Gasteiger partial charge in [-0.1, -0.05) is 0 Å². The largest absolute Gasteiger partial charge is 0.378 e. The molecule has 0 aliphatic carbocycles. The first-order valence-electron chi connectivity index (χ1n) is 5.30. The van der Waals surface area contributed by atoms with E-state index in [-0.39, 0.29) is 18.4 Å². The highest BCUT2D eigenvalue weighted by molar-refractivity contribution is 5.87. The molecule has 0 aromatic carbocycles. The summed E-state index contributed by atoms with van der Waals surface area (Å²) in [7, 11) is 1.44. The van der Waals surface area contributed by atoms with Gasteiger partial charge in [-0.15, -0.1) is 0 Å². The summed E-state index contributed by atoms with van der Waals surface area (Å²) in [6, 6.07) is -0.513. The lowest BCUT2D eigenvalue weighted by Crippen LogP contribution is -2.51. The second-order valence-corrected chi connectivity index (χ2v) is 3.66.